The monoisotopic (exact) mass is 601 g/mol. The molecule has 0 aromatic heterocycles. The highest BCUT2D eigenvalue weighted by Crippen LogP contribution is 2.48. The number of carbonyl (C=O) groups excluding carboxylic acids is 2. The fraction of sp³-hybridized carbons (Fsp3) is 0.263. The minimum Gasteiger partial charge on any atom is -0.454 e. The van der Waals surface area contributed by atoms with Crippen LogP contribution >= 0.6 is 0 Å². The summed E-state index contributed by atoms with van der Waals surface area (Å²) in [7, 11) is 0. The van der Waals surface area contributed by atoms with Crippen molar-refractivity contribution in [1.82, 2.24) is 5.32 Å². The summed E-state index contributed by atoms with van der Waals surface area (Å²) < 4.78 is 21.2. The molecule has 4 aromatic carbocycles. The number of ketones is 1. The van der Waals surface area contributed by atoms with E-state index in [2.05, 4.69) is 36.6 Å². The lowest BCUT2D eigenvalue weighted by molar-refractivity contribution is -0.121. The number of halogens is 1. The molecule has 228 valence electrons. The van der Waals surface area contributed by atoms with Crippen LogP contribution in [0.5, 0.6) is 11.5 Å². The van der Waals surface area contributed by atoms with E-state index in [1.807, 2.05) is 59.5 Å². The SMILES string of the molecule is CC1(C)CC(=O)C2=C(C1)Nc1ccccc1N(CC(=O)NC1Cc3ccccc3C1)C2c1ccc(F)c(Oc2ccccc2)c1. The van der Waals surface area contributed by atoms with Gasteiger partial charge in [-0.05, 0) is 77.8 Å². The first-order valence-corrected chi connectivity index (χ1v) is 15.5. The molecule has 0 bridgehead atoms. The van der Waals surface area contributed by atoms with Gasteiger partial charge in [0.1, 0.15) is 5.75 Å². The molecular formula is C38H36FN3O3. The second kappa shape index (κ2) is 11.5. The topological polar surface area (TPSA) is 70.7 Å². The molecule has 45 heavy (non-hydrogen) atoms. The van der Waals surface area contributed by atoms with Gasteiger partial charge in [-0.3, -0.25) is 9.59 Å². The maximum atomic E-state index is 15.2. The van der Waals surface area contributed by atoms with Crippen LogP contribution in [-0.2, 0) is 22.4 Å². The molecule has 7 heteroatoms. The van der Waals surface area contributed by atoms with Gasteiger partial charge in [0.25, 0.3) is 0 Å². The maximum absolute atomic E-state index is 15.2. The van der Waals surface area contributed by atoms with E-state index in [4.69, 9.17) is 4.74 Å². The molecule has 3 aliphatic rings. The highest BCUT2D eigenvalue weighted by Gasteiger charge is 2.42. The number of nitrogens with one attached hydrogen (secondary N) is 2. The van der Waals surface area contributed by atoms with Gasteiger partial charge in [-0.1, -0.05) is 74.5 Å². The molecular weight excluding hydrogens is 565 g/mol. The van der Waals surface area contributed by atoms with Crippen molar-refractivity contribution in [3.05, 3.63) is 131 Å². The molecule has 1 amide bonds. The van der Waals surface area contributed by atoms with Crippen LogP contribution in [0.25, 0.3) is 0 Å². The molecule has 7 rings (SSSR count). The summed E-state index contributed by atoms with van der Waals surface area (Å²) in [6, 6.07) is 29.2. The number of amides is 1. The van der Waals surface area contributed by atoms with Gasteiger partial charge >= 0.3 is 0 Å². The zero-order valence-electron chi connectivity index (χ0n) is 25.5. The van der Waals surface area contributed by atoms with Crippen LogP contribution in [0, 0.1) is 11.2 Å². The summed E-state index contributed by atoms with van der Waals surface area (Å²) in [5, 5.41) is 6.84. The minimum atomic E-state index is -0.648. The fourth-order valence-electron chi connectivity index (χ4n) is 7.05. The van der Waals surface area contributed by atoms with Gasteiger partial charge in [-0.15, -0.1) is 0 Å². The summed E-state index contributed by atoms with van der Waals surface area (Å²) in [5.41, 5.74) is 5.99. The Bertz CT molecular complexity index is 1790. The molecule has 0 saturated carbocycles. The van der Waals surface area contributed by atoms with Crippen molar-refractivity contribution >= 4 is 23.1 Å². The van der Waals surface area contributed by atoms with Gasteiger partial charge < -0.3 is 20.3 Å². The molecule has 0 fully saturated rings. The zero-order chi connectivity index (χ0) is 31.1. The van der Waals surface area contributed by atoms with Crippen molar-refractivity contribution in [3.8, 4) is 11.5 Å². The molecule has 2 aliphatic carbocycles. The first-order valence-electron chi connectivity index (χ1n) is 15.5. The van der Waals surface area contributed by atoms with Crippen LogP contribution in [-0.4, -0.2) is 24.3 Å². The number of allylic oxidation sites excluding steroid dienone is 1. The van der Waals surface area contributed by atoms with Crippen molar-refractivity contribution in [2.75, 3.05) is 16.8 Å². The van der Waals surface area contributed by atoms with Gasteiger partial charge in [0, 0.05) is 23.7 Å². The van der Waals surface area contributed by atoms with E-state index in [1.54, 1.807) is 24.3 Å². The lowest BCUT2D eigenvalue weighted by Gasteiger charge is -2.38. The van der Waals surface area contributed by atoms with E-state index in [1.165, 1.54) is 17.2 Å². The van der Waals surface area contributed by atoms with E-state index >= 15 is 4.39 Å². The summed E-state index contributed by atoms with van der Waals surface area (Å²) >= 11 is 0. The Morgan fingerprint density at radius 1 is 0.933 bits per heavy atom. The second-order valence-electron chi connectivity index (χ2n) is 13.1. The van der Waals surface area contributed by atoms with Crippen LogP contribution in [0.3, 0.4) is 0 Å². The lowest BCUT2D eigenvalue weighted by atomic mass is 9.73. The number of para-hydroxylation sites is 3. The number of hydrogen-bond donors (Lipinski definition) is 2. The van der Waals surface area contributed by atoms with Crippen LogP contribution in [0.15, 0.2) is 108 Å². The average molecular weight is 602 g/mol. The van der Waals surface area contributed by atoms with E-state index in [9.17, 15) is 9.59 Å². The normalized spacial score (nSPS) is 18.8. The molecule has 1 unspecified atom stereocenters. The van der Waals surface area contributed by atoms with Crippen LogP contribution in [0.4, 0.5) is 15.8 Å². The van der Waals surface area contributed by atoms with Gasteiger partial charge in [0.2, 0.25) is 5.91 Å². The first kappa shape index (κ1) is 28.8. The quantitative estimate of drug-likeness (QED) is 0.239. The van der Waals surface area contributed by atoms with Gasteiger partial charge in [-0.25, -0.2) is 4.39 Å². The van der Waals surface area contributed by atoms with Crippen molar-refractivity contribution < 1.29 is 18.7 Å². The van der Waals surface area contributed by atoms with Crippen molar-refractivity contribution in [1.29, 1.82) is 0 Å². The van der Waals surface area contributed by atoms with Crippen LogP contribution < -0.4 is 20.3 Å². The largest absolute Gasteiger partial charge is 0.454 e. The van der Waals surface area contributed by atoms with Gasteiger partial charge in [0.15, 0.2) is 17.3 Å². The summed E-state index contributed by atoms with van der Waals surface area (Å²) in [5.74, 6) is -0.0694. The van der Waals surface area contributed by atoms with Crippen LogP contribution in [0.2, 0.25) is 0 Å². The van der Waals surface area contributed by atoms with Gasteiger partial charge in [-0.2, -0.15) is 0 Å². The number of anilines is 2. The summed E-state index contributed by atoms with van der Waals surface area (Å²) in [6.07, 6.45) is 2.60. The van der Waals surface area contributed by atoms with Crippen molar-refractivity contribution in [3.63, 3.8) is 0 Å². The molecule has 6 nitrogen and oxygen atoms in total. The predicted molar refractivity (Wildman–Crippen MR) is 174 cm³/mol. The zero-order valence-corrected chi connectivity index (χ0v) is 25.5. The maximum Gasteiger partial charge on any atom is 0.239 e. The highest BCUT2D eigenvalue weighted by atomic mass is 19.1. The van der Waals surface area contributed by atoms with E-state index in [-0.39, 0.29) is 35.4 Å². The van der Waals surface area contributed by atoms with Gasteiger partial charge in [0.05, 0.1) is 24.0 Å². The Morgan fingerprint density at radius 2 is 1.62 bits per heavy atom. The Balaban J connectivity index is 1.30. The molecule has 1 atom stereocenters. The number of Topliss-reactive ketones (excluding diaryl/α,β-unsaturated/α-hetero) is 1. The fourth-order valence-corrected chi connectivity index (χ4v) is 7.05. The molecule has 4 aromatic rings. The van der Waals surface area contributed by atoms with E-state index in [0.717, 1.165) is 29.9 Å². The van der Waals surface area contributed by atoms with E-state index in [0.29, 0.717) is 29.7 Å². The highest BCUT2D eigenvalue weighted by molar-refractivity contribution is 6.02. The number of rotatable bonds is 6. The Labute approximate surface area is 262 Å². The molecule has 2 N–H and O–H groups in total. The molecule has 0 spiro atoms. The standard InChI is InChI=1S/C38H36FN3O3/c1-38(2)21-31-36(33(43)22-38)37(26-16-17-29(39)34(20-26)45-28-12-4-3-5-13-28)42(32-15-9-8-14-30(32)41-31)23-35(44)40-27-18-24-10-6-7-11-25(24)19-27/h3-17,20,27,37,41H,18-19,21-23H2,1-2H3,(H,40,44). The smallest absolute Gasteiger partial charge is 0.239 e. The second-order valence-corrected chi connectivity index (χ2v) is 13.1. The van der Waals surface area contributed by atoms with Crippen LogP contribution in [0.1, 0.15) is 49.4 Å². The third-order valence-corrected chi connectivity index (χ3v) is 8.98. The molecule has 0 saturated heterocycles. The Hall–Kier alpha value is -4.91. The van der Waals surface area contributed by atoms with Crippen molar-refractivity contribution in [2.24, 2.45) is 5.41 Å². The number of hydrogen-bond acceptors (Lipinski definition) is 5. The lowest BCUT2D eigenvalue weighted by Crippen LogP contribution is -2.45. The minimum absolute atomic E-state index is 0.00252. The summed E-state index contributed by atoms with van der Waals surface area (Å²) in [4.78, 5) is 29.9. The Morgan fingerprint density at radius 3 is 2.38 bits per heavy atom. The number of nitrogens with zero attached hydrogens (tertiary/aromatic N) is 1. The number of carbonyl (C=O) groups is 2. The predicted octanol–water partition coefficient (Wildman–Crippen LogP) is 7.52. The number of fused-ring (bicyclic) bond motifs is 2. The first-order chi connectivity index (χ1) is 21.7. The average Bonchev–Trinajstić information content (AvgIpc) is 3.36. The number of benzene rings is 4. The third-order valence-electron chi connectivity index (χ3n) is 8.98. The molecule has 0 radical (unpaired) electrons. The third kappa shape index (κ3) is 5.82. The molecule has 1 heterocycles. The molecule has 1 aliphatic heterocycles. The summed E-state index contributed by atoms with van der Waals surface area (Å²) in [6.45, 7) is 4.20. The Kier molecular flexibility index (Phi) is 7.40. The number of ether oxygens (including phenoxy) is 1. The van der Waals surface area contributed by atoms with E-state index < -0.39 is 11.9 Å². The van der Waals surface area contributed by atoms with Crippen molar-refractivity contribution in [2.45, 2.75) is 51.6 Å².